The van der Waals surface area contributed by atoms with Crippen LogP contribution in [0.3, 0.4) is 0 Å². The number of carbonyl (C=O) groups excluding carboxylic acids is 2. The van der Waals surface area contributed by atoms with E-state index >= 15 is 0 Å². The molecule has 2 aromatic carbocycles. The first kappa shape index (κ1) is 20.6. The molecule has 2 aromatic rings. The van der Waals surface area contributed by atoms with Crippen molar-refractivity contribution in [2.24, 2.45) is 11.7 Å². The topological polar surface area (TPSA) is 75.4 Å². The molecule has 27 heavy (non-hydrogen) atoms. The van der Waals surface area contributed by atoms with Crippen molar-refractivity contribution in [2.45, 2.75) is 33.2 Å². The molecule has 0 fully saturated rings. The number of anilines is 1. The summed E-state index contributed by atoms with van der Waals surface area (Å²) < 4.78 is 0. The number of rotatable bonds is 7. The highest BCUT2D eigenvalue weighted by molar-refractivity contribution is 6.09. The summed E-state index contributed by atoms with van der Waals surface area (Å²) in [6, 6.07) is 14.5. The highest BCUT2D eigenvalue weighted by atomic mass is 16.2. The molecule has 0 bridgehead atoms. The van der Waals surface area contributed by atoms with Gasteiger partial charge in [-0.25, -0.2) is 0 Å². The van der Waals surface area contributed by atoms with Gasteiger partial charge in [0.1, 0.15) is 0 Å². The molecule has 5 nitrogen and oxygen atoms in total. The average molecular weight is 367 g/mol. The van der Waals surface area contributed by atoms with Crippen molar-refractivity contribution in [1.82, 2.24) is 4.90 Å². The Morgan fingerprint density at radius 2 is 1.81 bits per heavy atom. The fourth-order valence-corrected chi connectivity index (χ4v) is 2.74. The Morgan fingerprint density at radius 3 is 2.48 bits per heavy atom. The summed E-state index contributed by atoms with van der Waals surface area (Å²) in [6.07, 6.45) is 0.734. The number of amides is 2. The second kappa shape index (κ2) is 9.33. The number of benzene rings is 2. The van der Waals surface area contributed by atoms with Crippen molar-refractivity contribution in [1.29, 1.82) is 0 Å². The summed E-state index contributed by atoms with van der Waals surface area (Å²) >= 11 is 0. The zero-order valence-electron chi connectivity index (χ0n) is 16.5. The van der Waals surface area contributed by atoms with E-state index in [4.69, 9.17) is 5.73 Å². The lowest BCUT2D eigenvalue weighted by Crippen LogP contribution is -2.35. The Hall–Kier alpha value is -2.66. The van der Waals surface area contributed by atoms with Gasteiger partial charge in [-0.1, -0.05) is 43.7 Å². The van der Waals surface area contributed by atoms with Gasteiger partial charge < -0.3 is 16.0 Å². The molecule has 0 saturated heterocycles. The molecule has 1 atom stereocenters. The molecule has 0 aliphatic heterocycles. The first-order chi connectivity index (χ1) is 12.8. The average Bonchev–Trinajstić information content (AvgIpc) is 2.65. The summed E-state index contributed by atoms with van der Waals surface area (Å²) in [5, 5.41) is 2.86. The lowest BCUT2D eigenvalue weighted by Gasteiger charge is -2.22. The molecule has 0 spiro atoms. The number of hydrogen-bond acceptors (Lipinski definition) is 3. The molecular weight excluding hydrogens is 338 g/mol. The minimum atomic E-state index is -0.233. The monoisotopic (exact) mass is 367 g/mol. The van der Waals surface area contributed by atoms with E-state index in [0.717, 1.165) is 12.0 Å². The zero-order chi connectivity index (χ0) is 20.0. The summed E-state index contributed by atoms with van der Waals surface area (Å²) in [5.41, 5.74) is 8.63. The van der Waals surface area contributed by atoms with Gasteiger partial charge in [0.05, 0.1) is 11.3 Å². The van der Waals surface area contributed by atoms with Crippen LogP contribution in [0.4, 0.5) is 5.69 Å². The number of nitrogens with two attached hydrogens (primary N) is 1. The molecule has 3 N–H and O–H groups in total. The minimum Gasteiger partial charge on any atom is -0.342 e. The van der Waals surface area contributed by atoms with Crippen molar-refractivity contribution in [2.75, 3.05) is 18.9 Å². The highest BCUT2D eigenvalue weighted by Crippen LogP contribution is 2.19. The van der Waals surface area contributed by atoms with Crippen LogP contribution in [0.5, 0.6) is 0 Å². The predicted octanol–water partition coefficient (Wildman–Crippen LogP) is 3.69. The standard InChI is InChI=1S/C22H29N3O2/c1-15(2)19(23)12-13-25(4)22(27)18-10-5-6-11-20(18)24-21(26)17-9-7-8-16(3)14-17/h5-11,14-15,19H,12-13,23H2,1-4H3,(H,24,26). The van der Waals surface area contributed by atoms with Crippen LogP contribution < -0.4 is 11.1 Å². The predicted molar refractivity (Wildman–Crippen MR) is 110 cm³/mol. The Bertz CT molecular complexity index is 802. The Kier molecular flexibility index (Phi) is 7.13. The number of nitrogens with one attached hydrogen (secondary N) is 1. The normalized spacial score (nSPS) is 11.9. The van der Waals surface area contributed by atoms with Crippen molar-refractivity contribution >= 4 is 17.5 Å². The summed E-state index contributed by atoms with van der Waals surface area (Å²) in [6.45, 7) is 6.65. The van der Waals surface area contributed by atoms with Crippen LogP contribution in [0, 0.1) is 12.8 Å². The van der Waals surface area contributed by atoms with E-state index in [1.807, 2.05) is 25.1 Å². The van der Waals surface area contributed by atoms with Crippen molar-refractivity contribution < 1.29 is 9.59 Å². The second-order valence-electron chi connectivity index (χ2n) is 7.29. The van der Waals surface area contributed by atoms with Crippen LogP contribution in [0.25, 0.3) is 0 Å². The maximum absolute atomic E-state index is 12.9. The fourth-order valence-electron chi connectivity index (χ4n) is 2.74. The van der Waals surface area contributed by atoms with Crippen LogP contribution >= 0.6 is 0 Å². The number of aryl methyl sites for hydroxylation is 1. The Balaban J connectivity index is 2.12. The van der Waals surface area contributed by atoms with Crippen molar-refractivity contribution in [3.63, 3.8) is 0 Å². The maximum atomic E-state index is 12.9. The van der Waals surface area contributed by atoms with Gasteiger partial charge >= 0.3 is 0 Å². The second-order valence-corrected chi connectivity index (χ2v) is 7.29. The van der Waals surface area contributed by atoms with E-state index in [-0.39, 0.29) is 17.9 Å². The summed E-state index contributed by atoms with van der Waals surface area (Å²) in [4.78, 5) is 27.1. The molecule has 0 aliphatic carbocycles. The molecule has 0 radical (unpaired) electrons. The quantitative estimate of drug-likeness (QED) is 0.784. The van der Waals surface area contributed by atoms with Gasteiger partial charge in [0.2, 0.25) is 0 Å². The van der Waals surface area contributed by atoms with Crippen LogP contribution in [0.2, 0.25) is 0 Å². The molecule has 5 heteroatoms. The Labute approximate surface area is 161 Å². The molecule has 0 aromatic heterocycles. The van der Waals surface area contributed by atoms with Crippen LogP contribution in [0.1, 0.15) is 46.5 Å². The minimum absolute atomic E-state index is 0.0523. The lowest BCUT2D eigenvalue weighted by atomic mass is 10.0. The highest BCUT2D eigenvalue weighted by Gasteiger charge is 2.18. The van der Waals surface area contributed by atoms with E-state index < -0.39 is 0 Å². The molecule has 2 amide bonds. The van der Waals surface area contributed by atoms with Crippen molar-refractivity contribution in [3.05, 3.63) is 65.2 Å². The van der Waals surface area contributed by atoms with E-state index in [0.29, 0.717) is 29.3 Å². The summed E-state index contributed by atoms with van der Waals surface area (Å²) in [7, 11) is 1.76. The van der Waals surface area contributed by atoms with Gasteiger partial charge in [-0.05, 0) is 43.5 Å². The zero-order valence-corrected chi connectivity index (χ0v) is 16.5. The smallest absolute Gasteiger partial charge is 0.255 e. The van der Waals surface area contributed by atoms with E-state index in [1.54, 1.807) is 42.3 Å². The Morgan fingerprint density at radius 1 is 1.11 bits per heavy atom. The third kappa shape index (κ3) is 5.66. The van der Waals surface area contributed by atoms with Gasteiger partial charge in [-0.15, -0.1) is 0 Å². The van der Waals surface area contributed by atoms with Gasteiger partial charge in [-0.3, -0.25) is 9.59 Å². The molecular formula is C22H29N3O2. The van der Waals surface area contributed by atoms with Crippen molar-refractivity contribution in [3.8, 4) is 0 Å². The number of para-hydroxylation sites is 1. The fraction of sp³-hybridized carbons (Fsp3) is 0.364. The third-order valence-corrected chi connectivity index (χ3v) is 4.69. The van der Waals surface area contributed by atoms with Gasteiger partial charge in [-0.2, -0.15) is 0 Å². The van der Waals surface area contributed by atoms with E-state index in [1.165, 1.54) is 0 Å². The number of carbonyl (C=O) groups is 2. The number of nitrogens with zero attached hydrogens (tertiary/aromatic N) is 1. The maximum Gasteiger partial charge on any atom is 0.255 e. The first-order valence-corrected chi connectivity index (χ1v) is 9.27. The lowest BCUT2D eigenvalue weighted by molar-refractivity contribution is 0.0790. The molecule has 0 heterocycles. The van der Waals surface area contributed by atoms with Gasteiger partial charge in [0.25, 0.3) is 11.8 Å². The molecule has 0 aliphatic rings. The van der Waals surface area contributed by atoms with E-state index in [2.05, 4.69) is 19.2 Å². The van der Waals surface area contributed by atoms with Crippen LogP contribution in [0.15, 0.2) is 48.5 Å². The van der Waals surface area contributed by atoms with E-state index in [9.17, 15) is 9.59 Å². The summed E-state index contributed by atoms with van der Waals surface area (Å²) in [5.74, 6) is 0.00365. The van der Waals surface area contributed by atoms with Gasteiger partial charge in [0, 0.05) is 25.2 Å². The molecule has 1 unspecified atom stereocenters. The van der Waals surface area contributed by atoms with Crippen LogP contribution in [-0.2, 0) is 0 Å². The molecule has 0 saturated carbocycles. The van der Waals surface area contributed by atoms with Crippen LogP contribution in [-0.4, -0.2) is 36.3 Å². The van der Waals surface area contributed by atoms with Gasteiger partial charge in [0.15, 0.2) is 0 Å². The molecule has 2 rings (SSSR count). The largest absolute Gasteiger partial charge is 0.342 e. The molecule has 144 valence electrons. The third-order valence-electron chi connectivity index (χ3n) is 4.69. The SMILES string of the molecule is Cc1cccc(C(=O)Nc2ccccc2C(=O)N(C)CCC(N)C(C)C)c1. The number of hydrogen-bond donors (Lipinski definition) is 2. The first-order valence-electron chi connectivity index (χ1n) is 9.27.